The van der Waals surface area contributed by atoms with Crippen molar-refractivity contribution in [1.82, 2.24) is 20.4 Å². The van der Waals surface area contributed by atoms with Crippen molar-refractivity contribution < 1.29 is 4.74 Å². The molecule has 0 amide bonds. The van der Waals surface area contributed by atoms with Gasteiger partial charge in [0.1, 0.15) is 0 Å². The van der Waals surface area contributed by atoms with E-state index < -0.39 is 0 Å². The number of rotatable bonds is 7. The zero-order valence-electron chi connectivity index (χ0n) is 17.3. The van der Waals surface area contributed by atoms with E-state index in [0.29, 0.717) is 6.10 Å². The highest BCUT2D eigenvalue weighted by molar-refractivity contribution is 14.0. The molecule has 0 aromatic heterocycles. The summed E-state index contributed by atoms with van der Waals surface area (Å²) >= 11 is 0. The molecular formula is C21H36IN5O. The Kier molecular flexibility index (Phi) is 10.5. The van der Waals surface area contributed by atoms with Crippen LogP contribution in [0.1, 0.15) is 30.9 Å². The highest BCUT2D eigenvalue weighted by Crippen LogP contribution is 2.11. The summed E-state index contributed by atoms with van der Waals surface area (Å²) in [6.45, 7) is 11.7. The molecule has 7 heteroatoms. The summed E-state index contributed by atoms with van der Waals surface area (Å²) in [7, 11) is 1.81. The lowest BCUT2D eigenvalue weighted by atomic mass is 10.1. The van der Waals surface area contributed by atoms with Gasteiger partial charge in [-0.05, 0) is 30.5 Å². The van der Waals surface area contributed by atoms with Crippen molar-refractivity contribution in [3.05, 3.63) is 35.4 Å². The molecule has 1 atom stereocenters. The van der Waals surface area contributed by atoms with Crippen LogP contribution >= 0.6 is 24.0 Å². The maximum absolute atomic E-state index is 5.65. The SMILES string of the molecule is CCN1CCN(Cc2ccc(CNC(=NC)NCC3CCCO3)cc2)CC1.I. The molecule has 1 unspecified atom stereocenters. The maximum atomic E-state index is 5.65. The molecule has 2 N–H and O–H groups in total. The van der Waals surface area contributed by atoms with Crippen LogP contribution in [0.3, 0.4) is 0 Å². The molecule has 2 aliphatic rings. The van der Waals surface area contributed by atoms with Gasteiger partial charge in [0, 0.05) is 59.5 Å². The average Bonchev–Trinajstić information content (AvgIpc) is 3.23. The first kappa shape index (κ1) is 23.4. The molecule has 2 heterocycles. The predicted octanol–water partition coefficient (Wildman–Crippen LogP) is 2.29. The van der Waals surface area contributed by atoms with Crippen LogP contribution in [0.15, 0.2) is 29.3 Å². The molecule has 2 fully saturated rings. The number of nitrogens with one attached hydrogen (secondary N) is 2. The van der Waals surface area contributed by atoms with Crippen molar-refractivity contribution in [2.24, 2.45) is 4.99 Å². The summed E-state index contributed by atoms with van der Waals surface area (Å²) in [5, 5.41) is 6.75. The van der Waals surface area contributed by atoms with E-state index in [1.165, 1.54) is 50.3 Å². The number of halogens is 1. The van der Waals surface area contributed by atoms with Crippen LogP contribution in [0, 0.1) is 0 Å². The largest absolute Gasteiger partial charge is 0.376 e. The van der Waals surface area contributed by atoms with Gasteiger partial charge in [0.05, 0.1) is 6.10 Å². The van der Waals surface area contributed by atoms with E-state index in [9.17, 15) is 0 Å². The molecular weight excluding hydrogens is 465 g/mol. The fourth-order valence-corrected chi connectivity index (χ4v) is 3.71. The van der Waals surface area contributed by atoms with E-state index in [0.717, 1.165) is 38.6 Å². The van der Waals surface area contributed by atoms with Crippen LogP contribution in [0.2, 0.25) is 0 Å². The van der Waals surface area contributed by atoms with Gasteiger partial charge in [-0.3, -0.25) is 9.89 Å². The van der Waals surface area contributed by atoms with Gasteiger partial charge < -0.3 is 20.3 Å². The van der Waals surface area contributed by atoms with Crippen molar-refractivity contribution in [3.8, 4) is 0 Å². The minimum absolute atomic E-state index is 0. The van der Waals surface area contributed by atoms with Crippen LogP contribution < -0.4 is 10.6 Å². The topological polar surface area (TPSA) is 52.1 Å². The minimum Gasteiger partial charge on any atom is -0.376 e. The first-order chi connectivity index (χ1) is 13.3. The minimum atomic E-state index is 0. The first-order valence-electron chi connectivity index (χ1n) is 10.4. The zero-order valence-corrected chi connectivity index (χ0v) is 19.7. The molecule has 28 heavy (non-hydrogen) atoms. The van der Waals surface area contributed by atoms with Crippen LogP contribution in [0.5, 0.6) is 0 Å². The van der Waals surface area contributed by atoms with E-state index in [4.69, 9.17) is 4.74 Å². The van der Waals surface area contributed by atoms with Crippen molar-refractivity contribution in [1.29, 1.82) is 0 Å². The van der Waals surface area contributed by atoms with Crippen molar-refractivity contribution >= 4 is 29.9 Å². The Morgan fingerprint density at radius 2 is 1.75 bits per heavy atom. The third-order valence-electron chi connectivity index (χ3n) is 5.55. The molecule has 0 radical (unpaired) electrons. The molecule has 6 nitrogen and oxygen atoms in total. The number of benzene rings is 1. The second-order valence-electron chi connectivity index (χ2n) is 7.47. The van der Waals surface area contributed by atoms with E-state index in [-0.39, 0.29) is 24.0 Å². The highest BCUT2D eigenvalue weighted by atomic mass is 127. The van der Waals surface area contributed by atoms with E-state index >= 15 is 0 Å². The molecule has 0 spiro atoms. The van der Waals surface area contributed by atoms with Crippen LogP contribution in [0.4, 0.5) is 0 Å². The van der Waals surface area contributed by atoms with E-state index in [1.807, 2.05) is 7.05 Å². The van der Waals surface area contributed by atoms with Gasteiger partial charge in [0.25, 0.3) is 0 Å². The number of piperazine rings is 1. The number of nitrogens with zero attached hydrogens (tertiary/aromatic N) is 3. The van der Waals surface area contributed by atoms with Crippen LogP contribution in [-0.2, 0) is 17.8 Å². The molecule has 1 aromatic rings. The average molecular weight is 501 g/mol. The molecule has 0 saturated carbocycles. The maximum Gasteiger partial charge on any atom is 0.191 e. The summed E-state index contributed by atoms with van der Waals surface area (Å²) in [6.07, 6.45) is 2.62. The molecule has 0 bridgehead atoms. The third kappa shape index (κ3) is 7.50. The zero-order chi connectivity index (χ0) is 18.9. The van der Waals surface area contributed by atoms with Gasteiger partial charge in [-0.15, -0.1) is 24.0 Å². The summed E-state index contributed by atoms with van der Waals surface area (Å²) in [6, 6.07) is 8.95. The van der Waals surface area contributed by atoms with Crippen LogP contribution in [0.25, 0.3) is 0 Å². The highest BCUT2D eigenvalue weighted by Gasteiger charge is 2.16. The second-order valence-corrected chi connectivity index (χ2v) is 7.47. The van der Waals surface area contributed by atoms with Crippen LogP contribution in [-0.4, -0.2) is 74.8 Å². The standard InChI is InChI=1S/C21H35N5O.HI/c1-3-25-10-12-26(13-11-25)17-19-8-6-18(7-9-19)15-23-21(22-2)24-16-20-5-4-14-27-20;/h6-9,20H,3-5,10-17H2,1-2H3,(H2,22,23,24);1H. The quantitative estimate of drug-likeness (QED) is 0.341. The van der Waals surface area contributed by atoms with Gasteiger partial charge in [0.15, 0.2) is 5.96 Å². The lowest BCUT2D eigenvalue weighted by Gasteiger charge is -2.34. The normalized spacial score (nSPS) is 21.4. The number of guanidine groups is 1. The fourth-order valence-electron chi connectivity index (χ4n) is 3.71. The second kappa shape index (κ2) is 12.6. The summed E-state index contributed by atoms with van der Waals surface area (Å²) in [5.41, 5.74) is 2.67. The molecule has 2 saturated heterocycles. The van der Waals surface area contributed by atoms with Crippen molar-refractivity contribution in [3.63, 3.8) is 0 Å². The number of ether oxygens (including phenoxy) is 1. The molecule has 3 rings (SSSR count). The lowest BCUT2D eigenvalue weighted by Crippen LogP contribution is -2.45. The number of hydrogen-bond acceptors (Lipinski definition) is 4. The Hall–Kier alpha value is -0.900. The monoisotopic (exact) mass is 501 g/mol. The van der Waals surface area contributed by atoms with Gasteiger partial charge in [0.2, 0.25) is 0 Å². The molecule has 1 aromatic carbocycles. The smallest absolute Gasteiger partial charge is 0.191 e. The third-order valence-corrected chi connectivity index (χ3v) is 5.55. The molecule has 2 aliphatic heterocycles. The predicted molar refractivity (Wildman–Crippen MR) is 126 cm³/mol. The Balaban J connectivity index is 0.00000280. The summed E-state index contributed by atoms with van der Waals surface area (Å²) in [5.74, 6) is 0.836. The Morgan fingerprint density at radius 1 is 1.07 bits per heavy atom. The van der Waals surface area contributed by atoms with Gasteiger partial charge >= 0.3 is 0 Å². The molecule has 0 aliphatic carbocycles. The number of likely N-dealkylation sites (N-methyl/N-ethyl adjacent to an activating group) is 1. The van der Waals surface area contributed by atoms with Gasteiger partial charge in [-0.2, -0.15) is 0 Å². The Bertz CT molecular complexity index is 581. The summed E-state index contributed by atoms with van der Waals surface area (Å²) < 4.78 is 5.65. The summed E-state index contributed by atoms with van der Waals surface area (Å²) in [4.78, 5) is 9.37. The van der Waals surface area contributed by atoms with E-state index in [2.05, 4.69) is 56.6 Å². The van der Waals surface area contributed by atoms with Crippen molar-refractivity contribution in [2.75, 3.05) is 52.9 Å². The number of hydrogen-bond donors (Lipinski definition) is 2. The van der Waals surface area contributed by atoms with E-state index in [1.54, 1.807) is 0 Å². The Morgan fingerprint density at radius 3 is 2.36 bits per heavy atom. The number of aliphatic imine (C=N–C) groups is 1. The van der Waals surface area contributed by atoms with Gasteiger partial charge in [-0.1, -0.05) is 31.2 Å². The Labute approximate surface area is 187 Å². The first-order valence-corrected chi connectivity index (χ1v) is 10.4. The lowest BCUT2D eigenvalue weighted by molar-refractivity contribution is 0.114. The van der Waals surface area contributed by atoms with Gasteiger partial charge in [-0.25, -0.2) is 0 Å². The fraction of sp³-hybridized carbons (Fsp3) is 0.667. The molecule has 158 valence electrons. The van der Waals surface area contributed by atoms with Crippen molar-refractivity contribution in [2.45, 2.75) is 39.0 Å².